The zero-order valence-corrected chi connectivity index (χ0v) is 10.6. The molecule has 0 fully saturated rings. The number of carbonyl (C=O) groups excluding carboxylic acids is 1. The molecule has 0 spiro atoms. The van der Waals surface area contributed by atoms with Crippen molar-refractivity contribution >= 4 is 22.7 Å². The number of methoxy groups -OCH3 is 1. The Bertz CT molecular complexity index is 631. The van der Waals surface area contributed by atoms with Crippen LogP contribution in [-0.2, 0) is 27.2 Å². The zero-order chi connectivity index (χ0) is 13.8. The van der Waals surface area contributed by atoms with Crippen LogP contribution in [0.5, 0.6) is 0 Å². The highest BCUT2D eigenvalue weighted by Crippen LogP contribution is 2.19. The Balaban J connectivity index is 2.29. The van der Waals surface area contributed by atoms with E-state index in [2.05, 4.69) is 4.74 Å². The summed E-state index contributed by atoms with van der Waals surface area (Å²) >= 11 is 0. The summed E-state index contributed by atoms with van der Waals surface area (Å²) in [6, 6.07) is 11.2. The van der Waals surface area contributed by atoms with Gasteiger partial charge in [0.05, 0.1) is 20.0 Å². The summed E-state index contributed by atoms with van der Waals surface area (Å²) in [4.78, 5) is 21.9. The lowest BCUT2D eigenvalue weighted by molar-refractivity contribution is -0.140. The molecule has 2 aromatic carbocycles. The van der Waals surface area contributed by atoms with Gasteiger partial charge in [-0.2, -0.15) is 0 Å². The predicted octanol–water partition coefficient (Wildman–Crippen LogP) is 2.18. The number of rotatable bonds is 4. The number of fused-ring (bicyclic) bond motifs is 1. The first-order valence-electron chi connectivity index (χ1n) is 5.88. The van der Waals surface area contributed by atoms with Crippen molar-refractivity contribution in [2.75, 3.05) is 7.11 Å². The number of carboxylic acid groups (broad SMARTS) is 1. The first kappa shape index (κ1) is 13.1. The van der Waals surface area contributed by atoms with Crippen LogP contribution in [0.15, 0.2) is 36.4 Å². The van der Waals surface area contributed by atoms with E-state index in [9.17, 15) is 9.59 Å². The summed E-state index contributed by atoms with van der Waals surface area (Å²) in [7, 11) is 1.36. The van der Waals surface area contributed by atoms with E-state index in [0.717, 1.165) is 21.9 Å². The van der Waals surface area contributed by atoms with Gasteiger partial charge in [0, 0.05) is 0 Å². The van der Waals surface area contributed by atoms with Gasteiger partial charge < -0.3 is 9.84 Å². The molecule has 0 amide bonds. The standard InChI is InChI=1S/C15H14O4/c1-19-15(18)9-11-3-5-12-6-10(8-14(16)17)2-4-13(12)7-11/h2-7H,8-9H2,1H3,(H,16,17). The van der Waals surface area contributed by atoms with Gasteiger partial charge in [-0.15, -0.1) is 0 Å². The maximum absolute atomic E-state index is 11.2. The van der Waals surface area contributed by atoms with Crippen LogP contribution >= 0.6 is 0 Å². The molecule has 0 saturated heterocycles. The molecule has 4 nitrogen and oxygen atoms in total. The van der Waals surface area contributed by atoms with Crippen LogP contribution in [0.1, 0.15) is 11.1 Å². The predicted molar refractivity (Wildman–Crippen MR) is 71.0 cm³/mol. The van der Waals surface area contributed by atoms with Gasteiger partial charge in [-0.3, -0.25) is 9.59 Å². The van der Waals surface area contributed by atoms with Gasteiger partial charge in [0.25, 0.3) is 0 Å². The van der Waals surface area contributed by atoms with E-state index < -0.39 is 5.97 Å². The molecule has 2 aromatic rings. The Kier molecular flexibility index (Phi) is 3.80. The Hall–Kier alpha value is -2.36. The van der Waals surface area contributed by atoms with Crippen molar-refractivity contribution in [3.05, 3.63) is 47.5 Å². The third kappa shape index (κ3) is 3.31. The number of benzene rings is 2. The highest BCUT2D eigenvalue weighted by atomic mass is 16.5. The second-order valence-electron chi connectivity index (χ2n) is 4.34. The largest absolute Gasteiger partial charge is 0.481 e. The molecule has 0 aliphatic carbocycles. The minimum Gasteiger partial charge on any atom is -0.481 e. The first-order valence-corrected chi connectivity index (χ1v) is 5.88. The fourth-order valence-corrected chi connectivity index (χ4v) is 1.98. The Labute approximate surface area is 110 Å². The molecular weight excluding hydrogens is 244 g/mol. The number of esters is 1. The summed E-state index contributed by atoms with van der Waals surface area (Å²) in [5.41, 5.74) is 1.64. The van der Waals surface area contributed by atoms with E-state index >= 15 is 0 Å². The smallest absolute Gasteiger partial charge is 0.309 e. The number of hydrogen-bond donors (Lipinski definition) is 1. The fourth-order valence-electron chi connectivity index (χ4n) is 1.98. The molecule has 19 heavy (non-hydrogen) atoms. The molecule has 0 aromatic heterocycles. The summed E-state index contributed by atoms with van der Waals surface area (Å²) in [5.74, 6) is -1.12. The van der Waals surface area contributed by atoms with Gasteiger partial charge in [0.2, 0.25) is 0 Å². The Morgan fingerprint density at radius 1 is 1.00 bits per heavy atom. The molecule has 0 saturated carbocycles. The van der Waals surface area contributed by atoms with Crippen LogP contribution in [0, 0.1) is 0 Å². The van der Waals surface area contributed by atoms with E-state index in [1.165, 1.54) is 7.11 Å². The monoisotopic (exact) mass is 258 g/mol. The van der Waals surface area contributed by atoms with E-state index in [0.29, 0.717) is 0 Å². The number of carbonyl (C=O) groups is 2. The van der Waals surface area contributed by atoms with Gasteiger partial charge >= 0.3 is 11.9 Å². The number of carboxylic acids is 1. The van der Waals surface area contributed by atoms with Crippen LogP contribution in [0.3, 0.4) is 0 Å². The summed E-state index contributed by atoms with van der Waals surface area (Å²) in [6.07, 6.45) is 0.253. The Morgan fingerprint density at radius 3 is 2.00 bits per heavy atom. The number of hydrogen-bond acceptors (Lipinski definition) is 3. The normalized spacial score (nSPS) is 10.4. The lowest BCUT2D eigenvalue weighted by Gasteiger charge is -2.05. The van der Waals surface area contributed by atoms with Crippen molar-refractivity contribution < 1.29 is 19.4 Å². The minimum absolute atomic E-state index is 0.0137. The molecule has 0 heterocycles. The van der Waals surface area contributed by atoms with Crippen LogP contribution in [-0.4, -0.2) is 24.2 Å². The topological polar surface area (TPSA) is 63.6 Å². The van der Waals surface area contributed by atoms with Crippen LogP contribution < -0.4 is 0 Å². The molecule has 98 valence electrons. The maximum Gasteiger partial charge on any atom is 0.309 e. The van der Waals surface area contributed by atoms with E-state index in [-0.39, 0.29) is 18.8 Å². The molecule has 0 unspecified atom stereocenters. The van der Waals surface area contributed by atoms with Gasteiger partial charge in [0.1, 0.15) is 0 Å². The highest BCUT2D eigenvalue weighted by molar-refractivity contribution is 5.86. The van der Waals surface area contributed by atoms with E-state index in [1.54, 1.807) is 6.07 Å². The zero-order valence-electron chi connectivity index (χ0n) is 10.6. The quantitative estimate of drug-likeness (QED) is 0.854. The average molecular weight is 258 g/mol. The molecule has 2 rings (SSSR count). The molecule has 1 N–H and O–H groups in total. The van der Waals surface area contributed by atoms with E-state index in [1.807, 2.05) is 30.3 Å². The molecule has 0 bridgehead atoms. The summed E-state index contributed by atoms with van der Waals surface area (Å²) < 4.78 is 4.62. The van der Waals surface area contributed by atoms with Gasteiger partial charge in [-0.1, -0.05) is 36.4 Å². The van der Waals surface area contributed by atoms with Crippen molar-refractivity contribution in [1.29, 1.82) is 0 Å². The lowest BCUT2D eigenvalue weighted by atomic mass is 10.0. The molecular formula is C15H14O4. The maximum atomic E-state index is 11.2. The van der Waals surface area contributed by atoms with E-state index in [4.69, 9.17) is 5.11 Å². The number of ether oxygens (including phenoxy) is 1. The highest BCUT2D eigenvalue weighted by Gasteiger charge is 2.05. The van der Waals surface area contributed by atoms with Crippen molar-refractivity contribution in [1.82, 2.24) is 0 Å². The summed E-state index contributed by atoms with van der Waals surface area (Å²) in [5, 5.41) is 10.7. The van der Waals surface area contributed by atoms with Gasteiger partial charge in [0.15, 0.2) is 0 Å². The van der Waals surface area contributed by atoms with Gasteiger partial charge in [-0.25, -0.2) is 0 Å². The van der Waals surface area contributed by atoms with Crippen LogP contribution in [0.25, 0.3) is 10.8 Å². The van der Waals surface area contributed by atoms with Gasteiger partial charge in [-0.05, 0) is 21.9 Å². The molecule has 0 aliphatic rings. The minimum atomic E-state index is -0.846. The molecule has 4 heteroatoms. The van der Waals surface area contributed by atoms with Crippen molar-refractivity contribution in [2.24, 2.45) is 0 Å². The lowest BCUT2D eigenvalue weighted by Crippen LogP contribution is -2.04. The second kappa shape index (κ2) is 5.52. The second-order valence-corrected chi connectivity index (χ2v) is 4.34. The third-order valence-electron chi connectivity index (χ3n) is 2.90. The van der Waals surface area contributed by atoms with Crippen molar-refractivity contribution in [3.8, 4) is 0 Å². The molecule has 0 aliphatic heterocycles. The van der Waals surface area contributed by atoms with Crippen LogP contribution in [0.4, 0.5) is 0 Å². The number of aliphatic carboxylic acids is 1. The summed E-state index contributed by atoms with van der Waals surface area (Å²) in [6.45, 7) is 0. The SMILES string of the molecule is COC(=O)Cc1ccc2cc(CC(=O)O)ccc2c1. The molecule has 0 atom stereocenters. The first-order chi connectivity index (χ1) is 9.08. The molecule has 0 radical (unpaired) electrons. The van der Waals surface area contributed by atoms with Crippen molar-refractivity contribution in [3.63, 3.8) is 0 Å². The van der Waals surface area contributed by atoms with Crippen LogP contribution in [0.2, 0.25) is 0 Å². The third-order valence-corrected chi connectivity index (χ3v) is 2.90. The van der Waals surface area contributed by atoms with Crippen molar-refractivity contribution in [2.45, 2.75) is 12.8 Å². The average Bonchev–Trinajstić information content (AvgIpc) is 2.38. The fraction of sp³-hybridized carbons (Fsp3) is 0.200. The Morgan fingerprint density at radius 2 is 1.53 bits per heavy atom.